The van der Waals surface area contributed by atoms with Gasteiger partial charge < -0.3 is 0 Å². The van der Waals surface area contributed by atoms with Crippen LogP contribution >= 0.6 is 15.9 Å². The molecule has 0 saturated carbocycles. The maximum Gasteiger partial charge on any atom is 0.0247 e. The summed E-state index contributed by atoms with van der Waals surface area (Å²) in [6.07, 6.45) is 3.32. The molecule has 0 spiro atoms. The number of benzene rings is 1. The molecule has 0 N–H and O–H groups in total. The minimum atomic E-state index is 1.11. The van der Waals surface area contributed by atoms with Gasteiger partial charge in [0.15, 0.2) is 0 Å². The third-order valence-corrected chi connectivity index (χ3v) is 2.59. The molecule has 0 saturated heterocycles. The van der Waals surface area contributed by atoms with Crippen LogP contribution in [0.5, 0.6) is 0 Å². The molecule has 0 unspecified atom stereocenters. The molecule has 0 aliphatic heterocycles. The Morgan fingerprint density at radius 2 is 2.08 bits per heavy atom. The second-order valence-electron chi connectivity index (χ2n) is 2.87. The summed E-state index contributed by atoms with van der Waals surface area (Å²) in [4.78, 5) is 0. The second kappa shape index (κ2) is 4.46. The molecule has 12 heavy (non-hydrogen) atoms. The predicted molar refractivity (Wildman–Crippen MR) is 58.1 cm³/mol. The van der Waals surface area contributed by atoms with E-state index in [1.54, 1.807) is 0 Å². The average Bonchev–Trinajstić information content (AvgIpc) is 2.09. The van der Waals surface area contributed by atoms with Crippen molar-refractivity contribution < 1.29 is 0 Å². The quantitative estimate of drug-likeness (QED) is 0.705. The summed E-state index contributed by atoms with van der Waals surface area (Å²) in [7, 11) is 0. The van der Waals surface area contributed by atoms with Gasteiger partial charge in [0.25, 0.3) is 0 Å². The maximum absolute atomic E-state index is 3.51. The first-order chi connectivity index (χ1) is 5.74. The molecule has 0 atom stereocenters. The monoisotopic (exact) mass is 224 g/mol. The summed E-state index contributed by atoms with van der Waals surface area (Å²) in [6.45, 7) is 4.32. The summed E-state index contributed by atoms with van der Waals surface area (Å²) >= 11 is 3.51. The Bertz CT molecular complexity index is 287. The zero-order valence-corrected chi connectivity index (χ0v) is 9.06. The largest absolute Gasteiger partial charge is 0.0730 e. The van der Waals surface area contributed by atoms with Gasteiger partial charge in [0.1, 0.15) is 0 Å². The summed E-state index contributed by atoms with van der Waals surface area (Å²) < 4.78 is 1.16. The lowest BCUT2D eigenvalue weighted by Gasteiger charge is -1.99. The molecule has 0 heterocycles. The van der Waals surface area contributed by atoms with Crippen molar-refractivity contribution in [3.05, 3.63) is 39.9 Å². The zero-order valence-electron chi connectivity index (χ0n) is 7.47. The minimum absolute atomic E-state index is 1.11. The highest BCUT2D eigenvalue weighted by Crippen LogP contribution is 2.19. The van der Waals surface area contributed by atoms with E-state index < -0.39 is 0 Å². The van der Waals surface area contributed by atoms with Crippen molar-refractivity contribution in [2.45, 2.75) is 20.3 Å². The standard InChI is InChI=1S/C11H13Br/c1-3-9(2)8-10-6-4-5-7-11(10)12/h4-8H,3H2,1-2H3. The van der Waals surface area contributed by atoms with Gasteiger partial charge in [-0.15, -0.1) is 0 Å². The first kappa shape index (κ1) is 9.53. The molecule has 0 bridgehead atoms. The lowest BCUT2D eigenvalue weighted by Crippen LogP contribution is -1.76. The lowest BCUT2D eigenvalue weighted by molar-refractivity contribution is 1.11. The minimum Gasteiger partial charge on any atom is -0.0730 e. The van der Waals surface area contributed by atoms with Crippen LogP contribution in [0.25, 0.3) is 6.08 Å². The number of hydrogen-bond acceptors (Lipinski definition) is 0. The Balaban J connectivity index is 2.96. The smallest absolute Gasteiger partial charge is 0.0247 e. The molecular weight excluding hydrogens is 212 g/mol. The molecule has 1 rings (SSSR count). The first-order valence-corrected chi connectivity index (χ1v) is 4.95. The van der Waals surface area contributed by atoms with Crippen LogP contribution in [0, 0.1) is 0 Å². The van der Waals surface area contributed by atoms with Crippen molar-refractivity contribution in [2.75, 3.05) is 0 Å². The van der Waals surface area contributed by atoms with E-state index in [1.807, 2.05) is 6.07 Å². The van der Waals surface area contributed by atoms with Gasteiger partial charge in [-0.3, -0.25) is 0 Å². The van der Waals surface area contributed by atoms with Crippen molar-refractivity contribution in [1.29, 1.82) is 0 Å². The van der Waals surface area contributed by atoms with Crippen LogP contribution in [0.3, 0.4) is 0 Å². The van der Waals surface area contributed by atoms with E-state index in [0.29, 0.717) is 0 Å². The molecule has 0 radical (unpaired) electrons. The number of rotatable bonds is 2. The Morgan fingerprint density at radius 3 is 2.67 bits per heavy atom. The number of hydrogen-bond donors (Lipinski definition) is 0. The summed E-state index contributed by atoms with van der Waals surface area (Å²) in [6, 6.07) is 8.26. The molecule has 0 nitrogen and oxygen atoms in total. The van der Waals surface area contributed by atoms with Gasteiger partial charge in [-0.05, 0) is 25.0 Å². The van der Waals surface area contributed by atoms with Gasteiger partial charge in [-0.1, -0.05) is 52.7 Å². The highest BCUT2D eigenvalue weighted by atomic mass is 79.9. The van der Waals surface area contributed by atoms with Crippen LogP contribution in [0.2, 0.25) is 0 Å². The third kappa shape index (κ3) is 2.49. The Hall–Kier alpha value is -0.560. The molecule has 0 amide bonds. The van der Waals surface area contributed by atoms with E-state index >= 15 is 0 Å². The Kier molecular flexibility index (Phi) is 3.54. The summed E-state index contributed by atoms with van der Waals surface area (Å²) in [5.41, 5.74) is 2.67. The predicted octanol–water partition coefficient (Wildman–Crippen LogP) is 4.26. The van der Waals surface area contributed by atoms with Crippen LogP contribution in [-0.4, -0.2) is 0 Å². The van der Waals surface area contributed by atoms with Crippen LogP contribution < -0.4 is 0 Å². The molecule has 0 aromatic heterocycles. The van der Waals surface area contributed by atoms with Crippen molar-refractivity contribution in [3.63, 3.8) is 0 Å². The fraction of sp³-hybridized carbons (Fsp3) is 0.273. The van der Waals surface area contributed by atoms with Crippen molar-refractivity contribution in [1.82, 2.24) is 0 Å². The van der Waals surface area contributed by atoms with Gasteiger partial charge in [0.05, 0.1) is 0 Å². The van der Waals surface area contributed by atoms with E-state index in [0.717, 1.165) is 10.9 Å². The van der Waals surface area contributed by atoms with Crippen LogP contribution in [0.4, 0.5) is 0 Å². The highest BCUT2D eigenvalue weighted by molar-refractivity contribution is 9.10. The topological polar surface area (TPSA) is 0 Å². The molecule has 0 aliphatic rings. The van der Waals surface area contributed by atoms with Gasteiger partial charge in [-0.25, -0.2) is 0 Å². The molecule has 64 valence electrons. The van der Waals surface area contributed by atoms with Crippen molar-refractivity contribution in [2.24, 2.45) is 0 Å². The van der Waals surface area contributed by atoms with Gasteiger partial charge in [-0.2, -0.15) is 0 Å². The SMILES string of the molecule is CCC(C)=Cc1ccccc1Br. The van der Waals surface area contributed by atoms with Crippen molar-refractivity contribution >= 4 is 22.0 Å². The molecule has 1 aromatic rings. The number of allylic oxidation sites excluding steroid dienone is 1. The highest BCUT2D eigenvalue weighted by Gasteiger charge is 1.93. The Morgan fingerprint density at radius 1 is 1.42 bits per heavy atom. The maximum atomic E-state index is 3.51. The molecular formula is C11H13Br. The van der Waals surface area contributed by atoms with Crippen LogP contribution in [0.15, 0.2) is 34.3 Å². The van der Waals surface area contributed by atoms with E-state index in [1.165, 1.54) is 11.1 Å². The third-order valence-electron chi connectivity index (χ3n) is 1.86. The van der Waals surface area contributed by atoms with Crippen molar-refractivity contribution in [3.8, 4) is 0 Å². The molecule has 0 aliphatic carbocycles. The molecule has 0 fully saturated rings. The van der Waals surface area contributed by atoms with E-state index in [-0.39, 0.29) is 0 Å². The average molecular weight is 225 g/mol. The fourth-order valence-electron chi connectivity index (χ4n) is 0.960. The van der Waals surface area contributed by atoms with Gasteiger partial charge in [0, 0.05) is 4.47 Å². The van der Waals surface area contributed by atoms with Gasteiger partial charge in [0.2, 0.25) is 0 Å². The van der Waals surface area contributed by atoms with Gasteiger partial charge >= 0.3 is 0 Å². The van der Waals surface area contributed by atoms with Crippen LogP contribution in [-0.2, 0) is 0 Å². The normalized spacial score (nSPS) is 11.8. The van der Waals surface area contributed by atoms with Crippen LogP contribution in [0.1, 0.15) is 25.8 Å². The fourth-order valence-corrected chi connectivity index (χ4v) is 1.36. The van der Waals surface area contributed by atoms with E-state index in [9.17, 15) is 0 Å². The number of halogens is 1. The lowest BCUT2D eigenvalue weighted by atomic mass is 10.1. The van der Waals surface area contributed by atoms with E-state index in [2.05, 4.69) is 54.1 Å². The Labute approximate surface area is 82.4 Å². The molecule has 1 heteroatoms. The van der Waals surface area contributed by atoms with E-state index in [4.69, 9.17) is 0 Å². The summed E-state index contributed by atoms with van der Waals surface area (Å²) in [5.74, 6) is 0. The zero-order chi connectivity index (χ0) is 8.97. The second-order valence-corrected chi connectivity index (χ2v) is 3.72. The molecule has 1 aromatic carbocycles. The first-order valence-electron chi connectivity index (χ1n) is 4.15. The summed E-state index contributed by atoms with van der Waals surface area (Å²) in [5, 5.41) is 0.